The maximum absolute atomic E-state index is 11.5. The Morgan fingerprint density at radius 1 is 1.09 bits per heavy atom. The minimum Gasteiger partial charge on any atom is -0.478 e. The van der Waals surface area contributed by atoms with Gasteiger partial charge in [0.05, 0.1) is 0 Å². The molecule has 118 valence electrons. The van der Waals surface area contributed by atoms with Gasteiger partial charge in [0.1, 0.15) is 5.75 Å². The molecule has 2 aromatic rings. The summed E-state index contributed by atoms with van der Waals surface area (Å²) in [6, 6.07) is 8.66. The van der Waals surface area contributed by atoms with Gasteiger partial charge in [0.15, 0.2) is 0 Å². The van der Waals surface area contributed by atoms with Gasteiger partial charge in [0.2, 0.25) is 5.91 Å². The Kier molecular flexibility index (Phi) is 5.03. The summed E-state index contributed by atoms with van der Waals surface area (Å²) in [6.45, 7) is 3.70. The average Bonchev–Trinajstić information content (AvgIpc) is 2.46. The first-order chi connectivity index (χ1) is 10.9. The summed E-state index contributed by atoms with van der Waals surface area (Å²) in [4.78, 5) is 30.1. The van der Waals surface area contributed by atoms with Gasteiger partial charge >= 0.3 is 12.0 Å². The van der Waals surface area contributed by atoms with Crippen LogP contribution in [0.2, 0.25) is 0 Å². The highest BCUT2D eigenvalue weighted by Gasteiger charge is 2.04. The van der Waals surface area contributed by atoms with E-state index in [9.17, 15) is 9.59 Å². The van der Waals surface area contributed by atoms with Crippen molar-refractivity contribution in [2.24, 2.45) is 0 Å². The SMILES string of the molecule is Cc1cc(C)nc(Oc2ccc(NC(=O)C=CC(=O)O)cc2)n1. The number of carbonyl (C=O) groups is 2. The second-order valence-electron chi connectivity index (χ2n) is 4.72. The zero-order valence-electron chi connectivity index (χ0n) is 12.6. The molecule has 2 rings (SSSR count). The van der Waals surface area contributed by atoms with E-state index in [4.69, 9.17) is 9.84 Å². The number of nitrogens with one attached hydrogen (secondary N) is 1. The van der Waals surface area contributed by atoms with Crippen LogP contribution < -0.4 is 10.1 Å². The van der Waals surface area contributed by atoms with Crippen molar-refractivity contribution in [2.75, 3.05) is 5.32 Å². The lowest BCUT2D eigenvalue weighted by atomic mass is 10.3. The number of benzene rings is 1. The lowest BCUT2D eigenvalue weighted by Gasteiger charge is -2.07. The predicted octanol–water partition coefficient (Wildman–Crippen LogP) is 2.47. The van der Waals surface area contributed by atoms with Crippen LogP contribution in [-0.4, -0.2) is 27.0 Å². The number of carbonyl (C=O) groups excluding carboxylic acids is 1. The fraction of sp³-hybridized carbons (Fsp3) is 0.125. The Hall–Kier alpha value is -3.22. The van der Waals surface area contributed by atoms with E-state index in [-0.39, 0.29) is 6.01 Å². The van der Waals surface area contributed by atoms with E-state index in [0.717, 1.165) is 23.5 Å². The first-order valence-electron chi connectivity index (χ1n) is 6.74. The lowest BCUT2D eigenvalue weighted by molar-refractivity contribution is -0.131. The molecule has 0 bridgehead atoms. The molecule has 2 N–H and O–H groups in total. The van der Waals surface area contributed by atoms with E-state index in [1.165, 1.54) is 0 Å². The van der Waals surface area contributed by atoms with Crippen LogP contribution in [0.1, 0.15) is 11.4 Å². The molecule has 0 unspecified atom stereocenters. The van der Waals surface area contributed by atoms with Crippen LogP contribution in [0, 0.1) is 13.8 Å². The number of hydrogen-bond acceptors (Lipinski definition) is 5. The quantitative estimate of drug-likeness (QED) is 0.822. The molecule has 0 radical (unpaired) electrons. The highest BCUT2D eigenvalue weighted by molar-refractivity contribution is 6.02. The van der Waals surface area contributed by atoms with Crippen molar-refractivity contribution in [1.29, 1.82) is 0 Å². The number of aromatic nitrogens is 2. The number of amides is 1. The molecule has 0 aliphatic carbocycles. The van der Waals surface area contributed by atoms with Gasteiger partial charge in [0, 0.05) is 29.2 Å². The minimum absolute atomic E-state index is 0.253. The van der Waals surface area contributed by atoms with Crippen LogP contribution in [0.3, 0.4) is 0 Å². The summed E-state index contributed by atoms with van der Waals surface area (Å²) in [5.41, 5.74) is 2.13. The number of hydrogen-bond donors (Lipinski definition) is 2. The molecule has 0 aliphatic heterocycles. The van der Waals surface area contributed by atoms with Gasteiger partial charge in [-0.15, -0.1) is 0 Å². The van der Waals surface area contributed by atoms with Gasteiger partial charge in [0.25, 0.3) is 0 Å². The summed E-state index contributed by atoms with van der Waals surface area (Å²) in [5.74, 6) is -1.19. The second-order valence-corrected chi connectivity index (χ2v) is 4.72. The third-order valence-electron chi connectivity index (χ3n) is 2.67. The number of aryl methyl sites for hydroxylation is 2. The first kappa shape index (κ1) is 16.2. The van der Waals surface area contributed by atoms with E-state index in [0.29, 0.717) is 11.4 Å². The molecule has 0 saturated carbocycles. The molecular weight excluding hydrogens is 298 g/mol. The number of ether oxygens (including phenoxy) is 1. The van der Waals surface area contributed by atoms with E-state index >= 15 is 0 Å². The molecule has 7 heteroatoms. The first-order valence-corrected chi connectivity index (χ1v) is 6.74. The van der Waals surface area contributed by atoms with Gasteiger partial charge in [-0.2, -0.15) is 0 Å². The topological polar surface area (TPSA) is 101 Å². The van der Waals surface area contributed by atoms with E-state index < -0.39 is 11.9 Å². The van der Waals surface area contributed by atoms with Gasteiger partial charge in [-0.1, -0.05) is 0 Å². The van der Waals surface area contributed by atoms with Gasteiger partial charge < -0.3 is 15.2 Å². The van der Waals surface area contributed by atoms with Crippen LogP contribution in [0.5, 0.6) is 11.8 Å². The number of anilines is 1. The third-order valence-corrected chi connectivity index (χ3v) is 2.67. The van der Waals surface area contributed by atoms with Gasteiger partial charge in [-0.25, -0.2) is 14.8 Å². The zero-order chi connectivity index (χ0) is 16.8. The molecular formula is C16H15N3O4. The highest BCUT2D eigenvalue weighted by atomic mass is 16.5. The Bertz CT molecular complexity index is 734. The normalized spacial score (nSPS) is 10.5. The summed E-state index contributed by atoms with van der Waals surface area (Å²) in [6.07, 6.45) is 1.71. The van der Waals surface area contributed by atoms with Crippen molar-refractivity contribution in [1.82, 2.24) is 9.97 Å². The summed E-state index contributed by atoms with van der Waals surface area (Å²) < 4.78 is 5.55. The Morgan fingerprint density at radius 3 is 2.26 bits per heavy atom. The largest absolute Gasteiger partial charge is 0.478 e. The lowest BCUT2D eigenvalue weighted by Crippen LogP contribution is -2.08. The average molecular weight is 313 g/mol. The van der Waals surface area contributed by atoms with E-state index in [1.54, 1.807) is 24.3 Å². The molecule has 1 aromatic carbocycles. The Balaban J connectivity index is 2.02. The van der Waals surface area contributed by atoms with E-state index in [2.05, 4.69) is 15.3 Å². The van der Waals surface area contributed by atoms with Gasteiger partial charge in [-0.05, 0) is 44.2 Å². The Labute approximate surface area is 132 Å². The zero-order valence-corrected chi connectivity index (χ0v) is 12.6. The molecule has 7 nitrogen and oxygen atoms in total. The standard InChI is InChI=1S/C16H15N3O4/c1-10-9-11(2)18-16(17-10)23-13-5-3-12(4-6-13)19-14(20)7-8-15(21)22/h3-9H,1-2H3,(H,19,20)(H,21,22). The minimum atomic E-state index is -1.18. The number of carboxylic acids is 1. The van der Waals surface area contributed by atoms with E-state index in [1.807, 2.05) is 19.9 Å². The molecule has 0 spiro atoms. The Morgan fingerprint density at radius 2 is 1.70 bits per heavy atom. The fourth-order valence-electron chi connectivity index (χ4n) is 1.78. The molecule has 0 aliphatic rings. The highest BCUT2D eigenvalue weighted by Crippen LogP contribution is 2.20. The number of rotatable bonds is 5. The molecule has 0 saturated heterocycles. The van der Waals surface area contributed by atoms with Crippen molar-refractivity contribution >= 4 is 17.6 Å². The van der Waals surface area contributed by atoms with Crippen molar-refractivity contribution < 1.29 is 19.4 Å². The van der Waals surface area contributed by atoms with Crippen molar-refractivity contribution in [3.05, 3.63) is 53.9 Å². The van der Waals surface area contributed by atoms with Crippen LogP contribution in [0.15, 0.2) is 42.5 Å². The smallest absolute Gasteiger partial charge is 0.328 e. The summed E-state index contributed by atoms with van der Waals surface area (Å²) >= 11 is 0. The van der Waals surface area contributed by atoms with Crippen molar-refractivity contribution in [3.63, 3.8) is 0 Å². The fourth-order valence-corrected chi connectivity index (χ4v) is 1.78. The van der Waals surface area contributed by atoms with Crippen molar-refractivity contribution in [2.45, 2.75) is 13.8 Å². The monoisotopic (exact) mass is 313 g/mol. The molecule has 0 fully saturated rings. The summed E-state index contributed by atoms with van der Waals surface area (Å²) in [5, 5.41) is 11.0. The maximum Gasteiger partial charge on any atom is 0.328 e. The second kappa shape index (κ2) is 7.17. The van der Waals surface area contributed by atoms with Crippen LogP contribution >= 0.6 is 0 Å². The van der Waals surface area contributed by atoms with Crippen LogP contribution in [-0.2, 0) is 9.59 Å². The molecule has 1 heterocycles. The molecule has 1 amide bonds. The molecule has 0 atom stereocenters. The third kappa shape index (κ3) is 5.24. The maximum atomic E-state index is 11.5. The number of carboxylic acid groups (broad SMARTS) is 1. The molecule has 1 aromatic heterocycles. The summed E-state index contributed by atoms with van der Waals surface area (Å²) in [7, 11) is 0. The molecule has 23 heavy (non-hydrogen) atoms. The number of aliphatic carboxylic acids is 1. The van der Waals surface area contributed by atoms with Crippen LogP contribution in [0.4, 0.5) is 5.69 Å². The van der Waals surface area contributed by atoms with Crippen LogP contribution in [0.25, 0.3) is 0 Å². The van der Waals surface area contributed by atoms with Crippen molar-refractivity contribution in [3.8, 4) is 11.8 Å². The predicted molar refractivity (Wildman–Crippen MR) is 83.4 cm³/mol. The van der Waals surface area contributed by atoms with Gasteiger partial charge in [-0.3, -0.25) is 4.79 Å². The number of nitrogens with zero attached hydrogens (tertiary/aromatic N) is 2.